The summed E-state index contributed by atoms with van der Waals surface area (Å²) in [5.74, 6) is 0.681. The van der Waals surface area contributed by atoms with Crippen LogP contribution in [0.4, 0.5) is 0 Å². The van der Waals surface area contributed by atoms with Gasteiger partial charge >= 0.3 is 0 Å². The van der Waals surface area contributed by atoms with E-state index in [-0.39, 0.29) is 0 Å². The molecule has 1 aliphatic carbocycles. The molecule has 1 unspecified atom stereocenters. The first-order valence-corrected chi connectivity index (χ1v) is 4.79. The summed E-state index contributed by atoms with van der Waals surface area (Å²) in [5.41, 5.74) is 8.67. The highest BCUT2D eigenvalue weighted by Gasteiger charge is 2.10. The van der Waals surface area contributed by atoms with Gasteiger partial charge in [0.1, 0.15) is 0 Å². The Hall–Kier alpha value is -0.560. The van der Waals surface area contributed by atoms with Gasteiger partial charge in [-0.05, 0) is 32.1 Å². The molecule has 0 aromatic heterocycles. The van der Waals surface area contributed by atoms with Crippen molar-refractivity contribution >= 4 is 0 Å². The molecule has 1 heteroatoms. The number of allylic oxidation sites excluding steroid dienone is 3. The molecule has 0 heterocycles. The maximum Gasteiger partial charge on any atom is 0.0142 e. The Labute approximate surface area is 75.3 Å². The molecule has 0 amide bonds. The largest absolute Gasteiger partial charge is 0.327 e. The first-order chi connectivity index (χ1) is 5.75. The minimum Gasteiger partial charge on any atom is -0.327 e. The second-order valence-electron chi connectivity index (χ2n) is 3.66. The normalized spacial score (nSPS) is 34.1. The summed E-state index contributed by atoms with van der Waals surface area (Å²) in [4.78, 5) is 0. The molecular weight excluding hydrogens is 146 g/mol. The highest BCUT2D eigenvalue weighted by molar-refractivity contribution is 5.20. The van der Waals surface area contributed by atoms with E-state index < -0.39 is 0 Å². The lowest BCUT2D eigenvalue weighted by atomic mass is 9.89. The van der Waals surface area contributed by atoms with Gasteiger partial charge in [0.2, 0.25) is 0 Å². The standard InChI is InChI=1S/C11H19N/c1-9-6-4-3-5-7-10(2)11(9)8-12/h3-4,10H,5-8,12H2,1-2H3/b4-3-,11-9-. The fourth-order valence-corrected chi connectivity index (χ4v) is 1.83. The van der Waals surface area contributed by atoms with Crippen molar-refractivity contribution in [1.82, 2.24) is 0 Å². The maximum atomic E-state index is 5.72. The zero-order chi connectivity index (χ0) is 8.97. The van der Waals surface area contributed by atoms with Gasteiger partial charge in [-0.2, -0.15) is 0 Å². The van der Waals surface area contributed by atoms with Gasteiger partial charge in [0.15, 0.2) is 0 Å². The van der Waals surface area contributed by atoms with Gasteiger partial charge in [0, 0.05) is 6.54 Å². The summed E-state index contributed by atoms with van der Waals surface area (Å²) in [5, 5.41) is 0. The molecule has 0 aromatic carbocycles. The monoisotopic (exact) mass is 165 g/mol. The molecule has 0 saturated carbocycles. The molecule has 0 aliphatic heterocycles. The lowest BCUT2D eigenvalue weighted by Crippen LogP contribution is -2.13. The molecule has 1 aliphatic rings. The van der Waals surface area contributed by atoms with Crippen LogP contribution in [0.25, 0.3) is 0 Å². The second-order valence-corrected chi connectivity index (χ2v) is 3.66. The molecule has 0 saturated heterocycles. The minimum atomic E-state index is 0.681. The quantitative estimate of drug-likeness (QED) is 0.594. The van der Waals surface area contributed by atoms with Crippen LogP contribution in [-0.2, 0) is 0 Å². The van der Waals surface area contributed by atoms with Gasteiger partial charge < -0.3 is 5.73 Å². The molecule has 1 atom stereocenters. The smallest absolute Gasteiger partial charge is 0.0142 e. The van der Waals surface area contributed by atoms with Crippen molar-refractivity contribution in [2.45, 2.75) is 33.1 Å². The first-order valence-electron chi connectivity index (χ1n) is 4.79. The van der Waals surface area contributed by atoms with Gasteiger partial charge in [-0.3, -0.25) is 0 Å². The van der Waals surface area contributed by atoms with Crippen LogP contribution < -0.4 is 5.73 Å². The van der Waals surface area contributed by atoms with E-state index in [1.165, 1.54) is 24.0 Å². The lowest BCUT2D eigenvalue weighted by molar-refractivity contribution is 0.597. The van der Waals surface area contributed by atoms with Crippen LogP contribution >= 0.6 is 0 Å². The van der Waals surface area contributed by atoms with Crippen LogP contribution in [0.5, 0.6) is 0 Å². The molecule has 0 radical (unpaired) electrons. The van der Waals surface area contributed by atoms with E-state index >= 15 is 0 Å². The SMILES string of the molecule is C/C1=C(\CN)C(C)CC/C=C\C1. The Balaban J connectivity index is 2.80. The van der Waals surface area contributed by atoms with E-state index in [0.29, 0.717) is 5.92 Å². The summed E-state index contributed by atoms with van der Waals surface area (Å²) in [7, 11) is 0. The van der Waals surface area contributed by atoms with Gasteiger partial charge in [-0.25, -0.2) is 0 Å². The van der Waals surface area contributed by atoms with Crippen molar-refractivity contribution in [3.8, 4) is 0 Å². The van der Waals surface area contributed by atoms with E-state index in [9.17, 15) is 0 Å². The number of hydrogen-bond donors (Lipinski definition) is 1. The Bertz CT molecular complexity index is 201. The molecule has 0 aromatic rings. The van der Waals surface area contributed by atoms with Crippen molar-refractivity contribution in [2.24, 2.45) is 11.7 Å². The van der Waals surface area contributed by atoms with Crippen molar-refractivity contribution in [1.29, 1.82) is 0 Å². The molecule has 0 fully saturated rings. The molecule has 1 nitrogen and oxygen atoms in total. The van der Waals surface area contributed by atoms with Crippen molar-refractivity contribution in [3.05, 3.63) is 23.3 Å². The third-order valence-electron chi connectivity index (χ3n) is 2.72. The third-order valence-corrected chi connectivity index (χ3v) is 2.72. The molecule has 0 spiro atoms. The highest BCUT2D eigenvalue weighted by Crippen LogP contribution is 2.23. The fourth-order valence-electron chi connectivity index (χ4n) is 1.83. The topological polar surface area (TPSA) is 26.0 Å². The average Bonchev–Trinajstić information content (AvgIpc) is 2.02. The van der Waals surface area contributed by atoms with Crippen LogP contribution in [0, 0.1) is 5.92 Å². The molecular formula is C11H19N. The predicted octanol–water partition coefficient (Wildman–Crippen LogP) is 2.64. The zero-order valence-corrected chi connectivity index (χ0v) is 8.14. The van der Waals surface area contributed by atoms with Gasteiger partial charge in [0.05, 0.1) is 0 Å². The van der Waals surface area contributed by atoms with Crippen molar-refractivity contribution in [3.63, 3.8) is 0 Å². The van der Waals surface area contributed by atoms with E-state index in [4.69, 9.17) is 5.73 Å². The molecule has 2 N–H and O–H groups in total. The number of nitrogens with two attached hydrogens (primary N) is 1. The lowest BCUT2D eigenvalue weighted by Gasteiger charge is -2.18. The maximum absolute atomic E-state index is 5.72. The van der Waals surface area contributed by atoms with E-state index in [1.54, 1.807) is 0 Å². The van der Waals surface area contributed by atoms with Crippen LogP contribution in [0.1, 0.15) is 33.1 Å². The Kier molecular flexibility index (Phi) is 3.54. The van der Waals surface area contributed by atoms with E-state index in [2.05, 4.69) is 26.0 Å². The average molecular weight is 165 g/mol. The van der Waals surface area contributed by atoms with Gasteiger partial charge in [0.25, 0.3) is 0 Å². The summed E-state index contributed by atoms with van der Waals surface area (Å²) >= 11 is 0. The van der Waals surface area contributed by atoms with Gasteiger partial charge in [-0.15, -0.1) is 0 Å². The summed E-state index contributed by atoms with van der Waals surface area (Å²) in [6.07, 6.45) is 8.10. The fraction of sp³-hybridized carbons (Fsp3) is 0.636. The Morgan fingerprint density at radius 1 is 1.50 bits per heavy atom. The minimum absolute atomic E-state index is 0.681. The highest BCUT2D eigenvalue weighted by atomic mass is 14.5. The molecule has 0 bridgehead atoms. The second kappa shape index (κ2) is 4.46. The number of hydrogen-bond acceptors (Lipinski definition) is 1. The third kappa shape index (κ3) is 2.21. The van der Waals surface area contributed by atoms with E-state index in [1.807, 2.05) is 0 Å². The molecule has 12 heavy (non-hydrogen) atoms. The number of rotatable bonds is 1. The van der Waals surface area contributed by atoms with Crippen LogP contribution in [0.15, 0.2) is 23.3 Å². The summed E-state index contributed by atoms with van der Waals surface area (Å²) in [6, 6.07) is 0. The van der Waals surface area contributed by atoms with Gasteiger partial charge in [-0.1, -0.05) is 30.2 Å². The van der Waals surface area contributed by atoms with Crippen LogP contribution in [0.2, 0.25) is 0 Å². The summed E-state index contributed by atoms with van der Waals surface area (Å²) < 4.78 is 0. The first kappa shape index (κ1) is 9.53. The van der Waals surface area contributed by atoms with Crippen molar-refractivity contribution < 1.29 is 0 Å². The van der Waals surface area contributed by atoms with Crippen LogP contribution in [-0.4, -0.2) is 6.54 Å². The van der Waals surface area contributed by atoms with E-state index in [0.717, 1.165) is 13.0 Å². The Morgan fingerprint density at radius 3 is 2.92 bits per heavy atom. The summed E-state index contributed by atoms with van der Waals surface area (Å²) in [6.45, 7) is 5.22. The molecule has 1 rings (SSSR count). The predicted molar refractivity (Wildman–Crippen MR) is 53.9 cm³/mol. The van der Waals surface area contributed by atoms with Crippen LogP contribution in [0.3, 0.4) is 0 Å². The Morgan fingerprint density at radius 2 is 2.25 bits per heavy atom. The van der Waals surface area contributed by atoms with Crippen molar-refractivity contribution in [2.75, 3.05) is 6.54 Å². The zero-order valence-electron chi connectivity index (χ0n) is 8.14. The molecule has 68 valence electrons.